The van der Waals surface area contributed by atoms with Gasteiger partial charge >= 0.3 is 0 Å². The van der Waals surface area contributed by atoms with Crippen LogP contribution in [0.3, 0.4) is 0 Å². The summed E-state index contributed by atoms with van der Waals surface area (Å²) in [5, 5.41) is 4.15. The normalized spacial score (nSPS) is 10.3. The zero-order chi connectivity index (χ0) is 12.3. The van der Waals surface area contributed by atoms with E-state index >= 15 is 0 Å². The Morgan fingerprint density at radius 1 is 1.18 bits per heavy atom. The Bertz CT molecular complexity index is 505. The molecule has 0 spiro atoms. The predicted octanol–water partition coefficient (Wildman–Crippen LogP) is 5.02. The molecule has 88 valence electrons. The van der Waals surface area contributed by atoms with Crippen molar-refractivity contribution in [2.75, 3.05) is 5.32 Å². The number of nitrogens with one attached hydrogen (secondary N) is 1. The van der Waals surface area contributed by atoms with Crippen LogP contribution in [0.2, 0.25) is 5.02 Å². The van der Waals surface area contributed by atoms with E-state index in [2.05, 4.69) is 52.4 Å². The third-order valence-corrected chi connectivity index (χ3v) is 3.12. The molecule has 17 heavy (non-hydrogen) atoms. The number of aryl methyl sites for hydroxylation is 1. The molecule has 0 saturated carbocycles. The van der Waals surface area contributed by atoms with Gasteiger partial charge in [0.1, 0.15) is 0 Å². The van der Waals surface area contributed by atoms with Gasteiger partial charge in [-0.1, -0.05) is 39.7 Å². The Balaban J connectivity index is 2.07. The van der Waals surface area contributed by atoms with Crippen LogP contribution in [-0.2, 0) is 6.54 Å². The van der Waals surface area contributed by atoms with Crippen molar-refractivity contribution >= 4 is 33.2 Å². The van der Waals surface area contributed by atoms with Crippen LogP contribution in [0.5, 0.6) is 0 Å². The molecular formula is C14H13BrClN. The maximum Gasteiger partial charge on any atom is 0.0409 e. The number of hydrogen-bond donors (Lipinski definition) is 1. The molecule has 0 aliphatic rings. The molecule has 0 amide bonds. The molecule has 0 aliphatic carbocycles. The fourth-order valence-corrected chi connectivity index (χ4v) is 2.51. The molecule has 0 bridgehead atoms. The van der Waals surface area contributed by atoms with E-state index in [1.54, 1.807) is 0 Å². The van der Waals surface area contributed by atoms with Crippen molar-refractivity contribution in [1.82, 2.24) is 0 Å². The van der Waals surface area contributed by atoms with E-state index in [-0.39, 0.29) is 0 Å². The molecule has 1 N–H and O–H groups in total. The Labute approximate surface area is 115 Å². The monoisotopic (exact) mass is 309 g/mol. The molecule has 1 nitrogen and oxygen atoms in total. The quantitative estimate of drug-likeness (QED) is 0.839. The van der Waals surface area contributed by atoms with Gasteiger partial charge in [0.2, 0.25) is 0 Å². The van der Waals surface area contributed by atoms with Crippen LogP contribution in [0.25, 0.3) is 0 Å². The molecule has 2 rings (SSSR count). The molecular weight excluding hydrogens is 298 g/mol. The van der Waals surface area contributed by atoms with Crippen LogP contribution in [0.1, 0.15) is 11.1 Å². The Hall–Kier alpha value is -0.990. The minimum Gasteiger partial charge on any atom is -0.381 e. The summed E-state index contributed by atoms with van der Waals surface area (Å²) in [4.78, 5) is 0. The molecule has 0 aliphatic heterocycles. The number of anilines is 1. The SMILES string of the molecule is Cc1cc(Br)cc(NCc2cccc(Cl)c2)c1. The van der Waals surface area contributed by atoms with Crippen LogP contribution in [0, 0.1) is 6.92 Å². The zero-order valence-corrected chi connectivity index (χ0v) is 11.8. The summed E-state index contributed by atoms with van der Waals surface area (Å²) >= 11 is 9.43. The van der Waals surface area contributed by atoms with Gasteiger partial charge in [0.05, 0.1) is 0 Å². The summed E-state index contributed by atoms with van der Waals surface area (Å²) in [6.07, 6.45) is 0. The summed E-state index contributed by atoms with van der Waals surface area (Å²) < 4.78 is 1.09. The average Bonchev–Trinajstić information content (AvgIpc) is 2.25. The lowest BCUT2D eigenvalue weighted by atomic mass is 10.2. The molecule has 2 aromatic carbocycles. The Morgan fingerprint density at radius 2 is 2.00 bits per heavy atom. The van der Waals surface area contributed by atoms with Crippen LogP contribution < -0.4 is 5.32 Å². The van der Waals surface area contributed by atoms with Crippen molar-refractivity contribution in [3.05, 3.63) is 63.1 Å². The van der Waals surface area contributed by atoms with Gasteiger partial charge in [0.15, 0.2) is 0 Å². The highest BCUT2D eigenvalue weighted by Gasteiger charge is 1.98. The minimum absolute atomic E-state index is 0.773. The van der Waals surface area contributed by atoms with E-state index < -0.39 is 0 Å². The van der Waals surface area contributed by atoms with Crippen molar-refractivity contribution in [3.8, 4) is 0 Å². The number of hydrogen-bond acceptors (Lipinski definition) is 1. The predicted molar refractivity (Wildman–Crippen MR) is 77.7 cm³/mol. The highest BCUT2D eigenvalue weighted by Crippen LogP contribution is 2.20. The lowest BCUT2D eigenvalue weighted by Gasteiger charge is -2.08. The molecule has 0 unspecified atom stereocenters. The van der Waals surface area contributed by atoms with E-state index in [0.29, 0.717) is 0 Å². The van der Waals surface area contributed by atoms with E-state index in [1.807, 2.05) is 18.2 Å². The van der Waals surface area contributed by atoms with E-state index in [0.717, 1.165) is 21.7 Å². The molecule has 0 fully saturated rings. The zero-order valence-electron chi connectivity index (χ0n) is 9.50. The van der Waals surface area contributed by atoms with Gasteiger partial charge in [0.25, 0.3) is 0 Å². The van der Waals surface area contributed by atoms with Crippen LogP contribution >= 0.6 is 27.5 Å². The van der Waals surface area contributed by atoms with E-state index in [4.69, 9.17) is 11.6 Å². The van der Waals surface area contributed by atoms with Gasteiger partial charge in [0, 0.05) is 21.7 Å². The second kappa shape index (κ2) is 5.56. The summed E-state index contributed by atoms with van der Waals surface area (Å²) in [7, 11) is 0. The van der Waals surface area contributed by atoms with Gasteiger partial charge in [-0.15, -0.1) is 0 Å². The van der Waals surface area contributed by atoms with Crippen molar-refractivity contribution in [3.63, 3.8) is 0 Å². The average molecular weight is 311 g/mol. The summed E-state index contributed by atoms with van der Waals surface area (Å²) in [6, 6.07) is 14.2. The minimum atomic E-state index is 0.773. The van der Waals surface area contributed by atoms with Crippen LogP contribution in [0.15, 0.2) is 46.9 Å². The Kier molecular flexibility index (Phi) is 4.08. The fourth-order valence-electron chi connectivity index (χ4n) is 1.69. The molecule has 0 aromatic heterocycles. The molecule has 2 aromatic rings. The van der Waals surface area contributed by atoms with Gasteiger partial charge < -0.3 is 5.32 Å². The topological polar surface area (TPSA) is 12.0 Å². The third-order valence-electron chi connectivity index (χ3n) is 2.43. The molecule has 0 radical (unpaired) electrons. The molecule has 0 heterocycles. The van der Waals surface area contributed by atoms with Crippen molar-refractivity contribution in [2.24, 2.45) is 0 Å². The number of rotatable bonds is 3. The fraction of sp³-hybridized carbons (Fsp3) is 0.143. The summed E-state index contributed by atoms with van der Waals surface area (Å²) in [6.45, 7) is 2.85. The Morgan fingerprint density at radius 3 is 2.71 bits per heavy atom. The lowest BCUT2D eigenvalue weighted by molar-refractivity contribution is 1.15. The van der Waals surface area contributed by atoms with Gasteiger partial charge in [-0.3, -0.25) is 0 Å². The number of benzene rings is 2. The first-order chi connectivity index (χ1) is 8.13. The van der Waals surface area contributed by atoms with Crippen LogP contribution in [0.4, 0.5) is 5.69 Å². The largest absolute Gasteiger partial charge is 0.381 e. The van der Waals surface area contributed by atoms with Crippen molar-refractivity contribution < 1.29 is 0 Å². The highest BCUT2D eigenvalue weighted by atomic mass is 79.9. The molecule has 3 heteroatoms. The first-order valence-electron chi connectivity index (χ1n) is 5.39. The smallest absolute Gasteiger partial charge is 0.0409 e. The van der Waals surface area contributed by atoms with Gasteiger partial charge in [-0.2, -0.15) is 0 Å². The van der Waals surface area contributed by atoms with Gasteiger partial charge in [-0.05, 0) is 48.4 Å². The van der Waals surface area contributed by atoms with Crippen molar-refractivity contribution in [2.45, 2.75) is 13.5 Å². The third kappa shape index (κ3) is 3.76. The van der Waals surface area contributed by atoms with E-state index in [9.17, 15) is 0 Å². The molecule has 0 atom stereocenters. The molecule has 0 saturated heterocycles. The maximum absolute atomic E-state index is 5.94. The second-order valence-electron chi connectivity index (χ2n) is 4.00. The van der Waals surface area contributed by atoms with Crippen molar-refractivity contribution in [1.29, 1.82) is 0 Å². The van der Waals surface area contributed by atoms with Crippen LogP contribution in [-0.4, -0.2) is 0 Å². The standard InChI is InChI=1S/C14H13BrClN/c1-10-5-12(15)8-14(6-10)17-9-11-3-2-4-13(16)7-11/h2-8,17H,9H2,1H3. The summed E-state index contributed by atoms with van der Waals surface area (Å²) in [5.41, 5.74) is 3.51. The second-order valence-corrected chi connectivity index (χ2v) is 5.35. The highest BCUT2D eigenvalue weighted by molar-refractivity contribution is 9.10. The number of halogens is 2. The first kappa shape index (κ1) is 12.5. The van der Waals surface area contributed by atoms with Gasteiger partial charge in [-0.25, -0.2) is 0 Å². The summed E-state index contributed by atoms with van der Waals surface area (Å²) in [5.74, 6) is 0. The first-order valence-corrected chi connectivity index (χ1v) is 6.56. The maximum atomic E-state index is 5.94. The lowest BCUT2D eigenvalue weighted by Crippen LogP contribution is -1.99. The van der Waals surface area contributed by atoms with E-state index in [1.165, 1.54) is 11.1 Å².